The number of amides is 2. The second kappa shape index (κ2) is 9.43. The molecule has 0 saturated carbocycles. The van der Waals surface area contributed by atoms with Crippen LogP contribution in [0.3, 0.4) is 0 Å². The van der Waals surface area contributed by atoms with E-state index < -0.39 is 0 Å². The molecule has 1 aromatic heterocycles. The van der Waals surface area contributed by atoms with Gasteiger partial charge in [-0.2, -0.15) is 0 Å². The van der Waals surface area contributed by atoms with Crippen LogP contribution in [0.15, 0.2) is 29.8 Å². The molecular weight excluding hydrogens is 388 g/mol. The molecule has 1 aliphatic carbocycles. The number of imidazole rings is 1. The van der Waals surface area contributed by atoms with Crippen LogP contribution in [0.1, 0.15) is 38.6 Å². The van der Waals surface area contributed by atoms with Crippen molar-refractivity contribution in [3.8, 4) is 0 Å². The lowest BCUT2D eigenvalue weighted by atomic mass is 9.70. The summed E-state index contributed by atoms with van der Waals surface area (Å²) in [6.45, 7) is 12.3. The number of hydrogen-bond donors (Lipinski definition) is 2. The van der Waals surface area contributed by atoms with Gasteiger partial charge in [-0.05, 0) is 61.6 Å². The van der Waals surface area contributed by atoms with Crippen molar-refractivity contribution in [2.45, 2.75) is 40.5 Å². The summed E-state index contributed by atoms with van der Waals surface area (Å²) in [5, 5.41) is 3.18. The van der Waals surface area contributed by atoms with Gasteiger partial charge in [-0.25, -0.2) is 9.78 Å². The molecule has 2 amide bonds. The van der Waals surface area contributed by atoms with Gasteiger partial charge in [0.1, 0.15) is 5.82 Å². The summed E-state index contributed by atoms with van der Waals surface area (Å²) in [5.41, 5.74) is 4.83. The van der Waals surface area contributed by atoms with Gasteiger partial charge in [0, 0.05) is 26.1 Å². The molecule has 0 bridgehead atoms. The smallest absolute Gasteiger partial charge is 0.317 e. The Morgan fingerprint density at radius 2 is 2.06 bits per heavy atom. The summed E-state index contributed by atoms with van der Waals surface area (Å²) in [6.07, 6.45) is 4.48. The lowest BCUT2D eigenvalue weighted by Crippen LogP contribution is -2.48. The summed E-state index contributed by atoms with van der Waals surface area (Å²) in [7, 11) is 0. The first-order valence-corrected chi connectivity index (χ1v) is 11.6. The maximum absolute atomic E-state index is 12.5. The normalized spacial score (nSPS) is 24.5. The van der Waals surface area contributed by atoms with Crippen LogP contribution in [-0.2, 0) is 11.2 Å². The molecule has 1 saturated heterocycles. The molecule has 2 N–H and O–H groups in total. The minimum Gasteiger partial charge on any atom is -0.378 e. The van der Waals surface area contributed by atoms with E-state index in [2.05, 4.69) is 62.3 Å². The van der Waals surface area contributed by atoms with Crippen molar-refractivity contribution >= 4 is 17.1 Å². The molecule has 2 aromatic rings. The maximum atomic E-state index is 12.5. The van der Waals surface area contributed by atoms with E-state index in [1.165, 1.54) is 11.1 Å². The highest BCUT2D eigenvalue weighted by molar-refractivity contribution is 5.76. The van der Waals surface area contributed by atoms with Gasteiger partial charge in [-0.1, -0.05) is 31.6 Å². The first kappa shape index (κ1) is 21.9. The maximum Gasteiger partial charge on any atom is 0.317 e. The Bertz CT molecular complexity index is 942. The number of fused-ring (bicyclic) bond motifs is 1. The Kier molecular flexibility index (Phi) is 6.65. The Balaban J connectivity index is 1.43. The Hall–Kier alpha value is -2.34. The number of ether oxygens (including phenoxy) is 1. The third-order valence-electron chi connectivity index (χ3n) is 7.00. The van der Waals surface area contributed by atoms with Gasteiger partial charge in [-0.3, -0.25) is 0 Å². The van der Waals surface area contributed by atoms with Crippen LogP contribution in [0.2, 0.25) is 0 Å². The van der Waals surface area contributed by atoms with E-state index in [1.54, 1.807) is 0 Å². The zero-order valence-electron chi connectivity index (χ0n) is 19.3. The Morgan fingerprint density at radius 1 is 1.29 bits per heavy atom. The van der Waals surface area contributed by atoms with Crippen LogP contribution in [0, 0.1) is 30.6 Å². The van der Waals surface area contributed by atoms with Gasteiger partial charge in [-0.15, -0.1) is 0 Å². The van der Waals surface area contributed by atoms with Gasteiger partial charge >= 0.3 is 6.03 Å². The predicted octanol–water partition coefficient (Wildman–Crippen LogP) is 4.31. The van der Waals surface area contributed by atoms with E-state index in [-0.39, 0.29) is 6.03 Å². The number of benzene rings is 1. The SMILES string of the molecule is CC1=CC(CNC(=O)N2CCOCC2)C(C(C)C)CC1Cc1nc2ccc(C)cc2[nH]1. The first-order chi connectivity index (χ1) is 14.9. The van der Waals surface area contributed by atoms with E-state index in [9.17, 15) is 4.79 Å². The number of morpholine rings is 1. The third-order valence-corrected chi connectivity index (χ3v) is 7.00. The molecule has 168 valence electrons. The number of allylic oxidation sites excluding steroid dienone is 1. The fourth-order valence-corrected chi connectivity index (χ4v) is 5.10. The first-order valence-electron chi connectivity index (χ1n) is 11.6. The van der Waals surface area contributed by atoms with Crippen molar-refractivity contribution in [1.82, 2.24) is 20.2 Å². The zero-order valence-corrected chi connectivity index (χ0v) is 19.3. The van der Waals surface area contributed by atoms with Gasteiger partial charge in [0.05, 0.1) is 24.2 Å². The molecule has 0 spiro atoms. The highest BCUT2D eigenvalue weighted by Crippen LogP contribution is 2.38. The number of nitrogens with one attached hydrogen (secondary N) is 2. The number of aryl methyl sites for hydroxylation is 1. The fraction of sp³-hybridized carbons (Fsp3) is 0.600. The van der Waals surface area contributed by atoms with E-state index in [0.29, 0.717) is 56.5 Å². The van der Waals surface area contributed by atoms with Gasteiger partial charge in [0.15, 0.2) is 0 Å². The van der Waals surface area contributed by atoms with Gasteiger partial charge in [0.25, 0.3) is 0 Å². The van der Waals surface area contributed by atoms with Crippen molar-refractivity contribution in [2.75, 3.05) is 32.8 Å². The number of carbonyl (C=O) groups excluding carboxylic acids is 1. The molecule has 4 rings (SSSR count). The molecule has 1 fully saturated rings. The molecule has 0 radical (unpaired) electrons. The van der Waals surface area contributed by atoms with Crippen molar-refractivity contribution in [3.63, 3.8) is 0 Å². The summed E-state index contributed by atoms with van der Waals surface area (Å²) < 4.78 is 5.35. The molecule has 3 atom stereocenters. The summed E-state index contributed by atoms with van der Waals surface area (Å²) in [5.74, 6) is 3.04. The number of aromatic nitrogens is 2. The average Bonchev–Trinajstić information content (AvgIpc) is 3.15. The highest BCUT2D eigenvalue weighted by atomic mass is 16.5. The molecule has 1 aromatic carbocycles. The summed E-state index contributed by atoms with van der Waals surface area (Å²) in [4.78, 5) is 22.8. The average molecular weight is 425 g/mol. The third kappa shape index (κ3) is 5.12. The van der Waals surface area contributed by atoms with Crippen molar-refractivity contribution in [2.24, 2.45) is 23.7 Å². The number of aromatic amines is 1. The second-order valence-electron chi connectivity index (χ2n) is 9.61. The van der Waals surface area contributed by atoms with Crippen LogP contribution in [0.25, 0.3) is 11.0 Å². The molecule has 3 unspecified atom stereocenters. The molecule has 6 heteroatoms. The van der Waals surface area contributed by atoms with E-state index in [4.69, 9.17) is 9.72 Å². The lowest BCUT2D eigenvalue weighted by Gasteiger charge is -2.37. The Labute approximate surface area is 185 Å². The van der Waals surface area contributed by atoms with Crippen LogP contribution in [0.4, 0.5) is 4.79 Å². The minimum atomic E-state index is 0.0385. The number of nitrogens with zero attached hydrogens (tertiary/aromatic N) is 2. The molecule has 1 aliphatic heterocycles. The number of urea groups is 1. The second-order valence-corrected chi connectivity index (χ2v) is 9.61. The molecule has 2 aliphatic rings. The predicted molar refractivity (Wildman–Crippen MR) is 124 cm³/mol. The van der Waals surface area contributed by atoms with Crippen LogP contribution >= 0.6 is 0 Å². The van der Waals surface area contributed by atoms with Crippen molar-refractivity contribution < 1.29 is 9.53 Å². The topological polar surface area (TPSA) is 70.2 Å². The minimum absolute atomic E-state index is 0.0385. The lowest BCUT2D eigenvalue weighted by molar-refractivity contribution is 0.0527. The van der Waals surface area contributed by atoms with Crippen LogP contribution < -0.4 is 5.32 Å². The highest BCUT2D eigenvalue weighted by Gasteiger charge is 2.32. The van der Waals surface area contributed by atoms with E-state index in [0.717, 1.165) is 29.7 Å². The molecule has 31 heavy (non-hydrogen) atoms. The monoisotopic (exact) mass is 424 g/mol. The summed E-state index contributed by atoms with van der Waals surface area (Å²) >= 11 is 0. The number of rotatable bonds is 5. The summed E-state index contributed by atoms with van der Waals surface area (Å²) in [6, 6.07) is 6.41. The van der Waals surface area contributed by atoms with Crippen molar-refractivity contribution in [3.05, 3.63) is 41.2 Å². The fourth-order valence-electron chi connectivity index (χ4n) is 5.10. The van der Waals surface area contributed by atoms with E-state index in [1.807, 2.05) is 4.90 Å². The molecule has 6 nitrogen and oxygen atoms in total. The van der Waals surface area contributed by atoms with E-state index >= 15 is 0 Å². The number of hydrogen-bond acceptors (Lipinski definition) is 3. The largest absolute Gasteiger partial charge is 0.378 e. The quantitative estimate of drug-likeness (QED) is 0.703. The number of carbonyl (C=O) groups is 1. The van der Waals surface area contributed by atoms with Crippen molar-refractivity contribution in [1.29, 1.82) is 0 Å². The standard InChI is InChI=1S/C25H36N4O2/c1-16(2)21-13-19(14-24-27-22-6-5-17(3)11-23(22)28-24)18(4)12-20(21)15-26-25(30)29-7-9-31-10-8-29/h5-6,11-12,16,19-21H,7-10,13-15H2,1-4H3,(H,26,30)(H,27,28). The molecular formula is C25H36N4O2. The van der Waals surface area contributed by atoms with Crippen LogP contribution in [-0.4, -0.2) is 53.7 Å². The number of H-pyrrole nitrogens is 1. The zero-order chi connectivity index (χ0) is 22.0. The van der Waals surface area contributed by atoms with Crippen LogP contribution in [0.5, 0.6) is 0 Å². The Morgan fingerprint density at radius 3 is 2.81 bits per heavy atom. The molecule has 2 heterocycles. The van der Waals surface area contributed by atoms with Gasteiger partial charge < -0.3 is 19.9 Å². The van der Waals surface area contributed by atoms with Gasteiger partial charge in [0.2, 0.25) is 0 Å².